The lowest BCUT2D eigenvalue weighted by atomic mass is 9.86. The molecule has 0 N–H and O–H groups in total. The van der Waals surface area contributed by atoms with E-state index in [-0.39, 0.29) is 17.1 Å². The zero-order valence-corrected chi connectivity index (χ0v) is 22.6. The fourth-order valence-electron chi connectivity index (χ4n) is 3.60. The fraction of sp³-hybridized carbons (Fsp3) is 0.387. The van der Waals surface area contributed by atoms with Crippen molar-refractivity contribution in [2.75, 3.05) is 26.3 Å². The first-order chi connectivity index (χ1) is 17.1. The summed E-state index contributed by atoms with van der Waals surface area (Å²) in [5.74, 6) is 0.277. The largest absolute Gasteiger partial charge is 0.378 e. The molecular weight excluding hydrogens is 448 g/mol. The van der Waals surface area contributed by atoms with Gasteiger partial charge in [0.25, 0.3) is 0 Å². The van der Waals surface area contributed by atoms with Gasteiger partial charge in [-0.15, -0.1) is 0 Å². The summed E-state index contributed by atoms with van der Waals surface area (Å²) in [4.78, 5) is 27.7. The van der Waals surface area contributed by atoms with Crippen LogP contribution in [0.3, 0.4) is 0 Å². The highest BCUT2D eigenvalue weighted by Gasteiger charge is 2.13. The molecule has 1 aliphatic heterocycles. The van der Waals surface area contributed by atoms with Crippen molar-refractivity contribution in [1.29, 1.82) is 0 Å². The highest BCUT2D eigenvalue weighted by molar-refractivity contribution is 5.94. The minimum absolute atomic E-state index is 0.125. The normalized spacial score (nSPS) is 14.9. The first-order valence-electron chi connectivity index (χ1n) is 12.5. The minimum atomic E-state index is 0.125. The van der Waals surface area contributed by atoms with Gasteiger partial charge in [-0.05, 0) is 54.5 Å². The molecule has 0 unspecified atom stereocenters. The number of carbonyl (C=O) groups excluding carboxylic acids is 2. The van der Waals surface area contributed by atoms with Gasteiger partial charge in [-0.3, -0.25) is 14.6 Å². The van der Waals surface area contributed by atoms with Crippen molar-refractivity contribution in [2.24, 2.45) is 0 Å². The van der Waals surface area contributed by atoms with E-state index in [0.29, 0.717) is 13.2 Å². The quantitative estimate of drug-likeness (QED) is 0.463. The van der Waals surface area contributed by atoms with Crippen molar-refractivity contribution < 1.29 is 14.3 Å². The van der Waals surface area contributed by atoms with E-state index in [1.54, 1.807) is 18.7 Å². The van der Waals surface area contributed by atoms with E-state index in [1.807, 2.05) is 37.4 Å². The van der Waals surface area contributed by atoms with Crippen LogP contribution >= 0.6 is 0 Å². The van der Waals surface area contributed by atoms with Crippen molar-refractivity contribution in [3.8, 4) is 0 Å². The van der Waals surface area contributed by atoms with Crippen LogP contribution in [0.4, 0.5) is 0 Å². The van der Waals surface area contributed by atoms with Gasteiger partial charge in [-0.25, -0.2) is 0 Å². The molecule has 1 saturated heterocycles. The molecule has 0 spiro atoms. The Bertz CT molecular complexity index is 1080. The van der Waals surface area contributed by atoms with Crippen molar-refractivity contribution in [2.45, 2.75) is 53.4 Å². The Morgan fingerprint density at radius 3 is 2.17 bits per heavy atom. The monoisotopic (exact) mass is 488 g/mol. The zero-order chi connectivity index (χ0) is 26.6. The van der Waals surface area contributed by atoms with Gasteiger partial charge in [0.15, 0.2) is 5.78 Å². The Kier molecular flexibility index (Phi) is 11.5. The van der Waals surface area contributed by atoms with Gasteiger partial charge in [0.05, 0.1) is 13.2 Å². The number of carbonyl (C=O) groups is 2. The maximum absolute atomic E-state index is 11.0. The Morgan fingerprint density at radius 1 is 0.972 bits per heavy atom. The van der Waals surface area contributed by atoms with Crippen molar-refractivity contribution >= 4 is 17.3 Å². The van der Waals surface area contributed by atoms with Gasteiger partial charge >= 0.3 is 0 Å². The molecule has 1 aromatic carbocycles. The smallest absolute Gasteiger partial charge is 0.219 e. The van der Waals surface area contributed by atoms with Crippen LogP contribution in [-0.2, 0) is 14.9 Å². The Morgan fingerprint density at radius 2 is 1.64 bits per heavy atom. The molecule has 36 heavy (non-hydrogen) atoms. The summed E-state index contributed by atoms with van der Waals surface area (Å²) in [6.45, 7) is 14.6. The summed E-state index contributed by atoms with van der Waals surface area (Å²) in [5, 5.41) is 0. The second kappa shape index (κ2) is 14.3. The number of Topliss-reactive ketones (excluding diaryl/α,β-unsaturated/α-hetero) is 1. The van der Waals surface area contributed by atoms with Crippen LogP contribution < -0.4 is 0 Å². The molecule has 0 bridgehead atoms. The minimum Gasteiger partial charge on any atom is -0.378 e. The number of ether oxygens (including phenoxy) is 1. The van der Waals surface area contributed by atoms with Gasteiger partial charge in [-0.2, -0.15) is 0 Å². The van der Waals surface area contributed by atoms with Gasteiger partial charge in [-0.1, -0.05) is 75.4 Å². The molecule has 2 aliphatic rings. The van der Waals surface area contributed by atoms with E-state index >= 15 is 0 Å². The van der Waals surface area contributed by atoms with Gasteiger partial charge in [0.2, 0.25) is 5.91 Å². The van der Waals surface area contributed by atoms with Crippen molar-refractivity contribution in [1.82, 2.24) is 9.88 Å². The highest BCUT2D eigenvalue weighted by atomic mass is 16.5. The van der Waals surface area contributed by atoms with Crippen LogP contribution in [0.15, 0.2) is 73.0 Å². The van der Waals surface area contributed by atoms with Crippen LogP contribution in [0.1, 0.15) is 68.2 Å². The third-order valence-corrected chi connectivity index (χ3v) is 5.84. The Balaban J connectivity index is 0.000000195. The molecule has 0 radical (unpaired) electrons. The first kappa shape index (κ1) is 28.9. The zero-order valence-electron chi connectivity index (χ0n) is 22.6. The number of hydrogen-bond donors (Lipinski definition) is 0. The lowest BCUT2D eigenvalue weighted by Gasteiger charge is -2.25. The molecule has 1 fully saturated rings. The maximum Gasteiger partial charge on any atom is 0.219 e. The average Bonchev–Trinajstić information content (AvgIpc) is 3.15. The number of nitrogens with zero attached hydrogens (tertiary/aromatic N) is 2. The number of morpholine rings is 1. The lowest BCUT2D eigenvalue weighted by Crippen LogP contribution is -2.39. The number of aromatic nitrogens is 1. The summed E-state index contributed by atoms with van der Waals surface area (Å²) in [6, 6.07) is 12.0. The number of allylic oxidation sites excluding steroid dienone is 6. The van der Waals surface area contributed by atoms with Gasteiger partial charge in [0.1, 0.15) is 0 Å². The summed E-state index contributed by atoms with van der Waals surface area (Å²) in [6.07, 6.45) is 13.5. The molecule has 2 aromatic rings. The van der Waals surface area contributed by atoms with E-state index in [9.17, 15) is 9.59 Å². The molecule has 2 heterocycles. The van der Waals surface area contributed by atoms with Crippen molar-refractivity contribution in [3.63, 3.8) is 0 Å². The summed E-state index contributed by atoms with van der Waals surface area (Å²) >= 11 is 0. The van der Waals surface area contributed by atoms with E-state index in [1.165, 1.54) is 16.7 Å². The number of pyridine rings is 1. The Labute approximate surface area is 216 Å². The summed E-state index contributed by atoms with van der Waals surface area (Å²) in [5.41, 5.74) is 5.80. The second-order valence-corrected chi connectivity index (χ2v) is 9.87. The third kappa shape index (κ3) is 10.1. The topological polar surface area (TPSA) is 59.5 Å². The number of amides is 1. The van der Waals surface area contributed by atoms with Crippen LogP contribution in [0.2, 0.25) is 0 Å². The van der Waals surface area contributed by atoms with Crippen LogP contribution in [0, 0.1) is 6.92 Å². The molecule has 192 valence electrons. The van der Waals surface area contributed by atoms with E-state index in [2.05, 4.69) is 68.3 Å². The molecule has 5 nitrogen and oxygen atoms in total. The highest BCUT2D eigenvalue weighted by Crippen LogP contribution is 2.22. The van der Waals surface area contributed by atoms with Crippen molar-refractivity contribution in [3.05, 3.63) is 95.4 Å². The summed E-state index contributed by atoms with van der Waals surface area (Å²) in [7, 11) is 0. The molecule has 1 aromatic heterocycles. The first-order valence-corrected chi connectivity index (χ1v) is 12.5. The SMILES string of the molecule is CC(=O)N1CCOCC1.CC(=O)c1ccc(C(C)(C)C)cc1.Cc1cc(C2=CCC=CC=C2)ccn1. The lowest BCUT2D eigenvalue weighted by molar-refractivity contribution is -0.132. The molecule has 5 heteroatoms. The maximum atomic E-state index is 11.0. The van der Waals surface area contributed by atoms with E-state index in [0.717, 1.165) is 30.8 Å². The fourth-order valence-corrected chi connectivity index (χ4v) is 3.60. The number of benzene rings is 1. The van der Waals surface area contributed by atoms with Crippen LogP contribution in [-0.4, -0.2) is 47.9 Å². The van der Waals surface area contributed by atoms with Gasteiger partial charge < -0.3 is 9.64 Å². The number of ketones is 1. The van der Waals surface area contributed by atoms with E-state index < -0.39 is 0 Å². The average molecular weight is 489 g/mol. The number of rotatable bonds is 2. The Hall–Kier alpha value is -3.31. The van der Waals surface area contributed by atoms with Crippen LogP contribution in [0.25, 0.3) is 5.57 Å². The molecule has 1 amide bonds. The molecule has 1 aliphatic carbocycles. The molecule has 0 atom stereocenters. The predicted molar refractivity (Wildman–Crippen MR) is 148 cm³/mol. The molecular formula is C31H40N2O3. The van der Waals surface area contributed by atoms with Crippen LogP contribution in [0.5, 0.6) is 0 Å². The third-order valence-electron chi connectivity index (χ3n) is 5.84. The van der Waals surface area contributed by atoms with E-state index in [4.69, 9.17) is 4.74 Å². The molecule has 0 saturated carbocycles. The number of hydrogen-bond acceptors (Lipinski definition) is 4. The van der Waals surface area contributed by atoms with Gasteiger partial charge in [0, 0.05) is 37.5 Å². The second-order valence-electron chi connectivity index (χ2n) is 9.87. The number of aryl methyl sites for hydroxylation is 1. The predicted octanol–water partition coefficient (Wildman–Crippen LogP) is 6.34. The standard InChI is InChI=1S/C13H13N.C12H16O.C6H11NO2/c1-11-10-13(8-9-14-11)12-6-4-2-3-5-7-12;1-9(13)10-5-7-11(8-6-10)12(2,3)4;1-6(8)7-2-4-9-5-3-7/h2-4,6-10H,5H2,1H3;5-8H,1-4H3;2-5H2,1H3. The summed E-state index contributed by atoms with van der Waals surface area (Å²) < 4.78 is 5.06. The molecule has 4 rings (SSSR count).